The smallest absolute Gasteiger partial charge is 0.295 e. The van der Waals surface area contributed by atoms with Crippen LogP contribution in [0.1, 0.15) is 11.6 Å². The molecule has 0 aliphatic carbocycles. The lowest BCUT2D eigenvalue weighted by molar-refractivity contribution is 0.515. The van der Waals surface area contributed by atoms with Crippen LogP contribution in [-0.4, -0.2) is 19.6 Å². The van der Waals surface area contributed by atoms with E-state index in [0.29, 0.717) is 28.1 Å². The molecule has 0 aliphatic rings. The van der Waals surface area contributed by atoms with Crippen molar-refractivity contribution < 1.29 is 4.42 Å². The van der Waals surface area contributed by atoms with Gasteiger partial charge in [-0.25, -0.2) is 4.68 Å². The molecule has 2 aromatic carbocycles. The van der Waals surface area contributed by atoms with Crippen molar-refractivity contribution in [2.24, 2.45) is 7.05 Å². The molecule has 1 N–H and O–H groups in total. The number of hydrogen-bond donors (Lipinski definition) is 1. The van der Waals surface area contributed by atoms with E-state index in [9.17, 15) is 4.79 Å². The Morgan fingerprint density at radius 3 is 2.54 bits per heavy atom. The fourth-order valence-electron chi connectivity index (χ4n) is 3.00. The van der Waals surface area contributed by atoms with E-state index in [1.165, 1.54) is 0 Å². The number of halogens is 1. The summed E-state index contributed by atoms with van der Waals surface area (Å²) in [5, 5.41) is 11.7. The Hall–Kier alpha value is -3.32. The summed E-state index contributed by atoms with van der Waals surface area (Å²) in [6.07, 6.45) is 0. The fourth-order valence-corrected chi connectivity index (χ4v) is 3.22. The Labute approximate surface area is 166 Å². The number of rotatable bonds is 5. The molecule has 0 fully saturated rings. The molecule has 7 nitrogen and oxygen atoms in total. The molecule has 4 rings (SSSR count). The van der Waals surface area contributed by atoms with Gasteiger partial charge in [0, 0.05) is 7.05 Å². The third-order valence-electron chi connectivity index (χ3n) is 4.54. The number of benzene rings is 2. The summed E-state index contributed by atoms with van der Waals surface area (Å²) >= 11 is 6.17. The van der Waals surface area contributed by atoms with E-state index < -0.39 is 0 Å². The molecular formula is C20H18ClN5O2. The number of hydrogen-bond acceptors (Lipinski definition) is 5. The molecule has 8 heteroatoms. The van der Waals surface area contributed by atoms with E-state index in [1.807, 2.05) is 67.2 Å². The highest BCUT2D eigenvalue weighted by Crippen LogP contribution is 2.26. The number of nitrogens with zero attached hydrogens (tertiary/aromatic N) is 4. The minimum atomic E-state index is -0.142. The SMILES string of the molecule is Cc1c(NCc2nnc(-c3ccccc3Cl)o2)c(=O)n(-c2ccccc2)n1C. The van der Waals surface area contributed by atoms with Gasteiger partial charge in [-0.15, -0.1) is 10.2 Å². The van der Waals surface area contributed by atoms with Crippen molar-refractivity contribution in [3.05, 3.63) is 81.6 Å². The van der Waals surface area contributed by atoms with Gasteiger partial charge in [0.1, 0.15) is 5.69 Å². The maximum Gasteiger partial charge on any atom is 0.295 e. The molecule has 0 saturated carbocycles. The first-order valence-electron chi connectivity index (χ1n) is 8.71. The minimum Gasteiger partial charge on any atom is -0.419 e. The first-order chi connectivity index (χ1) is 13.6. The molecular weight excluding hydrogens is 378 g/mol. The van der Waals surface area contributed by atoms with E-state index in [-0.39, 0.29) is 12.1 Å². The maximum atomic E-state index is 12.9. The molecule has 0 bridgehead atoms. The normalized spacial score (nSPS) is 11.0. The highest BCUT2D eigenvalue weighted by atomic mass is 35.5. The Bertz CT molecular complexity index is 1180. The first-order valence-corrected chi connectivity index (χ1v) is 9.09. The van der Waals surface area contributed by atoms with Gasteiger partial charge in [0.15, 0.2) is 0 Å². The lowest BCUT2D eigenvalue weighted by atomic mass is 10.2. The van der Waals surface area contributed by atoms with Gasteiger partial charge >= 0.3 is 0 Å². The Morgan fingerprint density at radius 2 is 1.79 bits per heavy atom. The van der Waals surface area contributed by atoms with Crippen LogP contribution in [0.4, 0.5) is 5.69 Å². The van der Waals surface area contributed by atoms with Gasteiger partial charge in [-0.1, -0.05) is 41.9 Å². The fraction of sp³-hybridized carbons (Fsp3) is 0.150. The minimum absolute atomic E-state index is 0.142. The van der Waals surface area contributed by atoms with Gasteiger partial charge in [-0.2, -0.15) is 0 Å². The van der Waals surface area contributed by atoms with Crippen LogP contribution in [0.25, 0.3) is 17.1 Å². The van der Waals surface area contributed by atoms with Crippen molar-refractivity contribution in [1.82, 2.24) is 19.6 Å². The van der Waals surface area contributed by atoms with Crippen molar-refractivity contribution in [2.75, 3.05) is 5.32 Å². The topological polar surface area (TPSA) is 77.9 Å². The number of nitrogens with one attached hydrogen (secondary N) is 1. The van der Waals surface area contributed by atoms with Crippen molar-refractivity contribution in [2.45, 2.75) is 13.5 Å². The van der Waals surface area contributed by atoms with Crippen LogP contribution in [0, 0.1) is 6.92 Å². The zero-order chi connectivity index (χ0) is 19.7. The summed E-state index contributed by atoms with van der Waals surface area (Å²) in [6.45, 7) is 2.11. The largest absolute Gasteiger partial charge is 0.419 e. The lowest BCUT2D eigenvalue weighted by Crippen LogP contribution is -2.21. The standard InChI is InChI=1S/C20H18ClN5O2/c1-13-18(20(27)26(25(13)2)14-8-4-3-5-9-14)22-12-17-23-24-19(28-17)15-10-6-7-11-16(15)21/h3-11,22H,12H2,1-2H3. The monoisotopic (exact) mass is 395 g/mol. The number of para-hydroxylation sites is 1. The predicted octanol–water partition coefficient (Wildman–Crippen LogP) is 3.80. The molecule has 0 aliphatic heterocycles. The van der Waals surface area contributed by atoms with Gasteiger partial charge in [0.05, 0.1) is 28.5 Å². The highest BCUT2D eigenvalue weighted by molar-refractivity contribution is 6.33. The van der Waals surface area contributed by atoms with Crippen LogP contribution in [0.15, 0.2) is 63.8 Å². The molecule has 28 heavy (non-hydrogen) atoms. The molecule has 2 aromatic heterocycles. The third-order valence-corrected chi connectivity index (χ3v) is 4.87. The van der Waals surface area contributed by atoms with Crippen molar-refractivity contribution in [1.29, 1.82) is 0 Å². The van der Waals surface area contributed by atoms with E-state index >= 15 is 0 Å². The maximum absolute atomic E-state index is 12.9. The molecule has 0 spiro atoms. The molecule has 2 heterocycles. The van der Waals surface area contributed by atoms with Gasteiger partial charge in [0.2, 0.25) is 11.8 Å². The average molecular weight is 396 g/mol. The third kappa shape index (κ3) is 3.20. The van der Waals surface area contributed by atoms with Gasteiger partial charge < -0.3 is 9.73 Å². The lowest BCUT2D eigenvalue weighted by Gasteiger charge is -2.07. The van der Waals surface area contributed by atoms with E-state index in [0.717, 1.165) is 11.4 Å². The van der Waals surface area contributed by atoms with E-state index in [4.69, 9.17) is 16.0 Å². The van der Waals surface area contributed by atoms with Crippen LogP contribution in [0.2, 0.25) is 5.02 Å². The summed E-state index contributed by atoms with van der Waals surface area (Å²) in [4.78, 5) is 12.9. The second kappa shape index (κ2) is 7.36. The molecule has 0 amide bonds. The molecule has 0 saturated heterocycles. The first kappa shape index (κ1) is 18.1. The molecule has 0 unspecified atom stereocenters. The highest BCUT2D eigenvalue weighted by Gasteiger charge is 2.17. The predicted molar refractivity (Wildman–Crippen MR) is 108 cm³/mol. The van der Waals surface area contributed by atoms with Crippen LogP contribution < -0.4 is 10.9 Å². The Balaban J connectivity index is 1.58. The zero-order valence-electron chi connectivity index (χ0n) is 15.4. The average Bonchev–Trinajstić information content (AvgIpc) is 3.25. The van der Waals surface area contributed by atoms with Gasteiger partial charge in [-0.05, 0) is 31.2 Å². The quantitative estimate of drug-likeness (QED) is 0.556. The Morgan fingerprint density at radius 1 is 1.07 bits per heavy atom. The molecule has 142 valence electrons. The van der Waals surface area contributed by atoms with Crippen molar-refractivity contribution in [3.8, 4) is 17.1 Å². The van der Waals surface area contributed by atoms with Gasteiger partial charge in [-0.3, -0.25) is 9.48 Å². The Kier molecular flexibility index (Phi) is 4.75. The number of aromatic nitrogens is 4. The summed E-state index contributed by atoms with van der Waals surface area (Å²) in [5.74, 6) is 0.706. The van der Waals surface area contributed by atoms with Crippen LogP contribution in [0.5, 0.6) is 0 Å². The van der Waals surface area contributed by atoms with Crippen LogP contribution in [0.3, 0.4) is 0 Å². The molecule has 0 atom stereocenters. The summed E-state index contributed by atoms with van der Waals surface area (Å²) in [5.41, 5.74) is 2.62. The second-order valence-corrected chi connectivity index (χ2v) is 6.68. The van der Waals surface area contributed by atoms with E-state index in [1.54, 1.807) is 10.7 Å². The zero-order valence-corrected chi connectivity index (χ0v) is 16.1. The van der Waals surface area contributed by atoms with Gasteiger partial charge in [0.25, 0.3) is 5.56 Å². The van der Waals surface area contributed by atoms with E-state index in [2.05, 4.69) is 15.5 Å². The second-order valence-electron chi connectivity index (χ2n) is 6.27. The molecule has 0 radical (unpaired) electrons. The van der Waals surface area contributed by atoms with Crippen LogP contribution >= 0.6 is 11.6 Å². The van der Waals surface area contributed by atoms with Crippen molar-refractivity contribution in [3.63, 3.8) is 0 Å². The summed E-state index contributed by atoms with van der Waals surface area (Å²) in [7, 11) is 1.84. The van der Waals surface area contributed by atoms with Crippen molar-refractivity contribution >= 4 is 17.3 Å². The summed E-state index contributed by atoms with van der Waals surface area (Å²) in [6, 6.07) is 16.7. The van der Waals surface area contributed by atoms with Crippen LogP contribution in [-0.2, 0) is 13.6 Å². The number of anilines is 1. The molecule has 4 aromatic rings. The summed E-state index contributed by atoms with van der Waals surface area (Å²) < 4.78 is 9.11.